The number of rotatable bonds is 2. The van der Waals surface area contributed by atoms with Gasteiger partial charge in [-0.3, -0.25) is 9.59 Å². The fourth-order valence-corrected chi connectivity index (χ4v) is 2.26. The van der Waals surface area contributed by atoms with Crippen LogP contribution in [0.5, 0.6) is 0 Å². The highest BCUT2D eigenvalue weighted by Gasteiger charge is 2.33. The molecule has 0 bridgehead atoms. The van der Waals surface area contributed by atoms with E-state index in [2.05, 4.69) is 0 Å². The van der Waals surface area contributed by atoms with Gasteiger partial charge >= 0.3 is 0 Å². The van der Waals surface area contributed by atoms with Gasteiger partial charge in [0.1, 0.15) is 0 Å². The monoisotopic (exact) mass is 250 g/mol. The number of fused-ring (bicyclic) bond motifs is 1. The lowest BCUT2D eigenvalue weighted by molar-refractivity contribution is 0.0903. The van der Waals surface area contributed by atoms with Gasteiger partial charge in [0.25, 0.3) is 0 Å². The molecule has 0 unspecified atom stereocenters. The number of benzene rings is 1. The molecular weight excluding hydrogens is 240 g/mol. The van der Waals surface area contributed by atoms with Gasteiger partial charge < -0.3 is 4.74 Å². The molecule has 0 saturated carbocycles. The van der Waals surface area contributed by atoms with Gasteiger partial charge in [-0.05, 0) is 12.5 Å². The number of hydrogen-bond acceptors (Lipinski definition) is 3. The van der Waals surface area contributed by atoms with Crippen molar-refractivity contribution in [2.75, 3.05) is 7.11 Å². The van der Waals surface area contributed by atoms with Crippen LogP contribution >= 0.6 is 11.6 Å². The van der Waals surface area contributed by atoms with Crippen molar-refractivity contribution < 1.29 is 14.3 Å². The zero-order chi connectivity index (χ0) is 12.6. The Bertz CT molecular complexity index is 544. The SMILES string of the molecule is CCC1=C(OC)C(=O)c2c(Cl)cccc2C1=O. The van der Waals surface area contributed by atoms with Gasteiger partial charge in [-0.2, -0.15) is 0 Å². The molecule has 1 aliphatic rings. The summed E-state index contributed by atoms with van der Waals surface area (Å²) in [7, 11) is 1.39. The Kier molecular flexibility index (Phi) is 3.03. The first-order valence-electron chi connectivity index (χ1n) is 5.26. The summed E-state index contributed by atoms with van der Waals surface area (Å²) in [6.45, 7) is 1.81. The molecule has 0 fully saturated rings. The number of halogens is 1. The van der Waals surface area contributed by atoms with Gasteiger partial charge in [-0.25, -0.2) is 0 Å². The van der Waals surface area contributed by atoms with Crippen molar-refractivity contribution in [3.8, 4) is 0 Å². The fraction of sp³-hybridized carbons (Fsp3) is 0.231. The van der Waals surface area contributed by atoms with Crippen LogP contribution in [0.15, 0.2) is 29.5 Å². The third-order valence-corrected chi connectivity index (χ3v) is 3.11. The van der Waals surface area contributed by atoms with Gasteiger partial charge in [0.05, 0.1) is 17.7 Å². The van der Waals surface area contributed by atoms with Crippen molar-refractivity contribution in [3.63, 3.8) is 0 Å². The number of Topliss-reactive ketones (excluding diaryl/α,β-unsaturated/α-hetero) is 2. The zero-order valence-electron chi connectivity index (χ0n) is 9.54. The van der Waals surface area contributed by atoms with Crippen LogP contribution in [0.3, 0.4) is 0 Å². The number of carbonyl (C=O) groups excluding carboxylic acids is 2. The molecule has 0 atom stereocenters. The number of methoxy groups -OCH3 is 1. The molecular formula is C13H11ClO3. The van der Waals surface area contributed by atoms with E-state index in [-0.39, 0.29) is 27.9 Å². The van der Waals surface area contributed by atoms with Crippen LogP contribution in [0.25, 0.3) is 0 Å². The predicted molar refractivity (Wildman–Crippen MR) is 64.4 cm³/mol. The third kappa shape index (κ3) is 1.67. The van der Waals surface area contributed by atoms with Crippen LogP contribution in [0.1, 0.15) is 34.1 Å². The normalized spacial score (nSPS) is 15.0. The highest BCUT2D eigenvalue weighted by Crippen LogP contribution is 2.32. The molecule has 2 rings (SSSR count). The van der Waals surface area contributed by atoms with E-state index in [0.29, 0.717) is 17.6 Å². The standard InChI is InChI=1S/C13H11ClO3/c1-3-7-11(15)8-5-4-6-9(14)10(8)12(16)13(7)17-2/h4-6H,3H2,1-2H3. The van der Waals surface area contributed by atoms with E-state index in [1.54, 1.807) is 18.2 Å². The molecule has 1 aliphatic carbocycles. The molecule has 1 aromatic carbocycles. The molecule has 4 heteroatoms. The van der Waals surface area contributed by atoms with Crippen LogP contribution in [-0.2, 0) is 4.74 Å². The van der Waals surface area contributed by atoms with E-state index in [4.69, 9.17) is 16.3 Å². The second-order valence-corrected chi connectivity index (χ2v) is 4.09. The van der Waals surface area contributed by atoms with Crippen molar-refractivity contribution in [3.05, 3.63) is 45.7 Å². The first-order valence-corrected chi connectivity index (χ1v) is 5.64. The lowest BCUT2D eigenvalue weighted by Crippen LogP contribution is -2.23. The van der Waals surface area contributed by atoms with Crippen LogP contribution in [-0.4, -0.2) is 18.7 Å². The first-order chi connectivity index (χ1) is 8.11. The molecule has 1 aromatic rings. The van der Waals surface area contributed by atoms with Crippen LogP contribution < -0.4 is 0 Å². The Labute approximate surface area is 104 Å². The molecule has 0 heterocycles. The Morgan fingerprint density at radius 3 is 2.53 bits per heavy atom. The van der Waals surface area contributed by atoms with Gasteiger partial charge in [0.15, 0.2) is 11.5 Å². The smallest absolute Gasteiger partial charge is 0.230 e. The molecule has 3 nitrogen and oxygen atoms in total. The Morgan fingerprint density at radius 1 is 1.24 bits per heavy atom. The molecule has 0 aromatic heterocycles. The molecule has 17 heavy (non-hydrogen) atoms. The second-order valence-electron chi connectivity index (χ2n) is 3.69. The average molecular weight is 251 g/mol. The van der Waals surface area contributed by atoms with Crippen molar-refractivity contribution in [1.82, 2.24) is 0 Å². The van der Waals surface area contributed by atoms with Gasteiger partial charge in [-0.1, -0.05) is 30.7 Å². The predicted octanol–water partition coefficient (Wildman–Crippen LogP) is 3.03. The number of carbonyl (C=O) groups is 2. The van der Waals surface area contributed by atoms with Crippen molar-refractivity contribution in [1.29, 1.82) is 0 Å². The summed E-state index contributed by atoms with van der Waals surface area (Å²) in [5.74, 6) is -0.385. The number of ether oxygens (including phenoxy) is 1. The maximum atomic E-state index is 12.2. The van der Waals surface area contributed by atoms with E-state index < -0.39 is 0 Å². The van der Waals surface area contributed by atoms with Gasteiger partial charge in [-0.15, -0.1) is 0 Å². The van der Waals surface area contributed by atoms with E-state index in [9.17, 15) is 9.59 Å². The Balaban J connectivity index is 2.73. The summed E-state index contributed by atoms with van der Waals surface area (Å²) in [6, 6.07) is 4.87. The van der Waals surface area contributed by atoms with E-state index in [1.165, 1.54) is 7.11 Å². The summed E-state index contributed by atoms with van der Waals surface area (Å²) in [5, 5.41) is 0.283. The Morgan fingerprint density at radius 2 is 1.94 bits per heavy atom. The van der Waals surface area contributed by atoms with Gasteiger partial charge in [0, 0.05) is 11.1 Å². The highest BCUT2D eigenvalue weighted by atomic mass is 35.5. The van der Waals surface area contributed by atoms with Crippen molar-refractivity contribution >= 4 is 23.2 Å². The fourth-order valence-electron chi connectivity index (χ4n) is 2.00. The molecule has 0 radical (unpaired) electrons. The second kappa shape index (κ2) is 4.34. The molecule has 0 amide bonds. The maximum Gasteiger partial charge on any atom is 0.230 e. The minimum atomic E-state index is -0.315. The third-order valence-electron chi connectivity index (χ3n) is 2.80. The summed E-state index contributed by atoms with van der Waals surface area (Å²) < 4.78 is 5.04. The minimum Gasteiger partial charge on any atom is -0.492 e. The molecule has 0 N–H and O–H groups in total. The van der Waals surface area contributed by atoms with E-state index in [0.717, 1.165) is 0 Å². The lowest BCUT2D eigenvalue weighted by atomic mass is 9.87. The molecule has 88 valence electrons. The Hall–Kier alpha value is -1.61. The summed E-state index contributed by atoms with van der Waals surface area (Å²) in [4.78, 5) is 24.3. The van der Waals surface area contributed by atoms with Crippen LogP contribution in [0.4, 0.5) is 0 Å². The summed E-state index contributed by atoms with van der Waals surface area (Å²) in [5.41, 5.74) is 1.01. The highest BCUT2D eigenvalue weighted by molar-refractivity contribution is 6.38. The largest absolute Gasteiger partial charge is 0.492 e. The number of ketones is 2. The van der Waals surface area contributed by atoms with E-state index in [1.807, 2.05) is 6.92 Å². The molecule has 0 aliphatic heterocycles. The molecule has 0 saturated heterocycles. The summed E-state index contributed by atoms with van der Waals surface area (Å²) in [6.07, 6.45) is 0.458. The summed E-state index contributed by atoms with van der Waals surface area (Å²) >= 11 is 5.96. The number of hydrogen-bond donors (Lipinski definition) is 0. The van der Waals surface area contributed by atoms with E-state index >= 15 is 0 Å². The van der Waals surface area contributed by atoms with Crippen LogP contribution in [0, 0.1) is 0 Å². The first kappa shape index (κ1) is 11.9. The topological polar surface area (TPSA) is 43.4 Å². The zero-order valence-corrected chi connectivity index (χ0v) is 10.3. The lowest BCUT2D eigenvalue weighted by Gasteiger charge is -2.19. The van der Waals surface area contributed by atoms with Crippen molar-refractivity contribution in [2.24, 2.45) is 0 Å². The van der Waals surface area contributed by atoms with Gasteiger partial charge in [0.2, 0.25) is 5.78 Å². The minimum absolute atomic E-state index is 0.109. The number of allylic oxidation sites excluding steroid dienone is 2. The maximum absolute atomic E-state index is 12.2. The van der Waals surface area contributed by atoms with Crippen molar-refractivity contribution in [2.45, 2.75) is 13.3 Å². The quantitative estimate of drug-likeness (QED) is 0.810. The van der Waals surface area contributed by atoms with Crippen LogP contribution in [0.2, 0.25) is 5.02 Å². The molecule has 0 spiro atoms. The average Bonchev–Trinajstić information content (AvgIpc) is 2.33.